The van der Waals surface area contributed by atoms with Crippen molar-refractivity contribution in [3.05, 3.63) is 23.8 Å². The number of ether oxygens (including phenoxy) is 1. The molecule has 0 heterocycles. The van der Waals surface area contributed by atoms with Crippen molar-refractivity contribution in [2.75, 3.05) is 12.4 Å². The van der Waals surface area contributed by atoms with Crippen molar-refractivity contribution in [2.45, 2.75) is 39.0 Å². The van der Waals surface area contributed by atoms with Gasteiger partial charge in [0.05, 0.1) is 24.4 Å². The van der Waals surface area contributed by atoms with Crippen molar-refractivity contribution < 1.29 is 9.53 Å². The number of benzene rings is 1. The van der Waals surface area contributed by atoms with Crippen molar-refractivity contribution >= 4 is 11.6 Å². The van der Waals surface area contributed by atoms with E-state index >= 15 is 0 Å². The number of methoxy groups -OCH3 is 1. The molecule has 0 saturated heterocycles. The summed E-state index contributed by atoms with van der Waals surface area (Å²) in [5, 5.41) is 11.8. The maximum absolute atomic E-state index is 12.5. The fourth-order valence-electron chi connectivity index (χ4n) is 2.70. The first-order chi connectivity index (χ1) is 9.59. The summed E-state index contributed by atoms with van der Waals surface area (Å²) in [7, 11) is 1.54. The molecule has 1 aromatic rings. The van der Waals surface area contributed by atoms with Crippen LogP contribution in [0.15, 0.2) is 18.2 Å². The second-order valence-corrected chi connectivity index (χ2v) is 5.60. The normalized spacial score (nSPS) is 17.1. The molecule has 0 radical (unpaired) electrons. The van der Waals surface area contributed by atoms with Crippen LogP contribution >= 0.6 is 0 Å². The molecule has 1 N–H and O–H groups in total. The molecule has 4 nitrogen and oxygen atoms in total. The van der Waals surface area contributed by atoms with Gasteiger partial charge < -0.3 is 10.1 Å². The first-order valence-electron chi connectivity index (χ1n) is 6.99. The molecule has 4 heteroatoms. The highest BCUT2D eigenvalue weighted by molar-refractivity contribution is 5.96. The molecule has 0 aromatic heterocycles. The van der Waals surface area contributed by atoms with Crippen LogP contribution < -0.4 is 10.1 Å². The lowest BCUT2D eigenvalue weighted by atomic mass is 9.75. The maximum Gasteiger partial charge on any atom is 0.230 e. The topological polar surface area (TPSA) is 62.1 Å². The Morgan fingerprint density at radius 2 is 2.05 bits per heavy atom. The fourth-order valence-corrected chi connectivity index (χ4v) is 2.70. The zero-order chi connectivity index (χ0) is 14.6. The number of amides is 1. The quantitative estimate of drug-likeness (QED) is 0.916. The van der Waals surface area contributed by atoms with Gasteiger partial charge in [-0.25, -0.2) is 0 Å². The van der Waals surface area contributed by atoms with E-state index in [-0.39, 0.29) is 11.3 Å². The molecule has 0 unspecified atom stereocenters. The predicted octanol–water partition coefficient (Wildman–Crippen LogP) is 3.48. The van der Waals surface area contributed by atoms with Crippen LogP contribution in [-0.4, -0.2) is 13.0 Å². The van der Waals surface area contributed by atoms with Crippen molar-refractivity contribution in [2.24, 2.45) is 5.41 Å². The molecule has 1 aliphatic carbocycles. The summed E-state index contributed by atoms with van der Waals surface area (Å²) in [6, 6.07) is 7.10. The molecule has 1 aliphatic rings. The Hall–Kier alpha value is -2.02. The minimum absolute atomic E-state index is 0.0419. The van der Waals surface area contributed by atoms with Crippen LogP contribution in [0.3, 0.4) is 0 Å². The van der Waals surface area contributed by atoms with E-state index in [1.54, 1.807) is 18.2 Å². The number of nitriles is 1. The Labute approximate surface area is 119 Å². The molecule has 1 fully saturated rings. The predicted molar refractivity (Wildman–Crippen MR) is 77.5 cm³/mol. The Kier molecular flexibility index (Phi) is 4.29. The molecular formula is C16H20N2O2. The molecule has 1 aromatic carbocycles. The van der Waals surface area contributed by atoms with E-state index in [0.29, 0.717) is 17.0 Å². The van der Waals surface area contributed by atoms with Gasteiger partial charge in [0.2, 0.25) is 5.91 Å². The Bertz CT molecular complexity index is 540. The maximum atomic E-state index is 12.5. The highest BCUT2D eigenvalue weighted by atomic mass is 16.5. The summed E-state index contributed by atoms with van der Waals surface area (Å²) >= 11 is 0. The molecule has 106 valence electrons. The zero-order valence-electron chi connectivity index (χ0n) is 12.0. The van der Waals surface area contributed by atoms with Crippen LogP contribution in [0.1, 0.15) is 44.6 Å². The van der Waals surface area contributed by atoms with Crippen LogP contribution in [0.5, 0.6) is 5.75 Å². The van der Waals surface area contributed by atoms with Gasteiger partial charge in [-0.3, -0.25) is 4.79 Å². The van der Waals surface area contributed by atoms with Crippen LogP contribution in [0.25, 0.3) is 0 Å². The second-order valence-electron chi connectivity index (χ2n) is 5.60. The molecule has 20 heavy (non-hydrogen) atoms. The van der Waals surface area contributed by atoms with Gasteiger partial charge in [-0.2, -0.15) is 5.26 Å². The van der Waals surface area contributed by atoms with E-state index in [9.17, 15) is 4.79 Å². The van der Waals surface area contributed by atoms with Gasteiger partial charge in [-0.15, -0.1) is 0 Å². The third-order valence-electron chi connectivity index (χ3n) is 4.08. The number of nitrogens with one attached hydrogen (secondary N) is 1. The summed E-state index contributed by atoms with van der Waals surface area (Å²) < 4.78 is 5.24. The van der Waals surface area contributed by atoms with Gasteiger partial charge in [-0.1, -0.05) is 26.2 Å². The molecule has 0 atom stereocenters. The number of hydrogen-bond donors (Lipinski definition) is 1. The third kappa shape index (κ3) is 2.93. The summed E-state index contributed by atoms with van der Waals surface area (Å²) in [5.74, 6) is 0.567. The summed E-state index contributed by atoms with van der Waals surface area (Å²) in [5.41, 5.74) is 0.851. The van der Waals surface area contributed by atoms with Crippen LogP contribution in [0, 0.1) is 16.7 Å². The average molecular weight is 272 g/mol. The summed E-state index contributed by atoms with van der Waals surface area (Å²) in [6.07, 6.45) is 5.28. The molecule has 0 spiro atoms. The minimum atomic E-state index is -0.294. The monoisotopic (exact) mass is 272 g/mol. The van der Waals surface area contributed by atoms with E-state index in [1.165, 1.54) is 13.5 Å². The van der Waals surface area contributed by atoms with E-state index in [4.69, 9.17) is 10.00 Å². The lowest BCUT2D eigenvalue weighted by molar-refractivity contribution is -0.126. The van der Waals surface area contributed by atoms with E-state index < -0.39 is 0 Å². The van der Waals surface area contributed by atoms with Crippen LogP contribution in [0.4, 0.5) is 5.69 Å². The highest BCUT2D eigenvalue weighted by Gasteiger charge is 2.34. The summed E-state index contributed by atoms with van der Waals surface area (Å²) in [4.78, 5) is 12.5. The standard InChI is InChI=1S/C16H20N2O2/c1-16(8-4-3-5-9-16)15(19)18-13-7-6-12(11-17)10-14(13)20-2/h6-7,10H,3-5,8-9H2,1-2H3,(H,18,19). The fraction of sp³-hybridized carbons (Fsp3) is 0.500. The van der Waals surface area contributed by atoms with Gasteiger partial charge >= 0.3 is 0 Å². The van der Waals surface area contributed by atoms with Gasteiger partial charge in [0, 0.05) is 11.5 Å². The van der Waals surface area contributed by atoms with Gasteiger partial charge in [-0.05, 0) is 25.0 Å². The average Bonchev–Trinajstić information content (AvgIpc) is 2.48. The first-order valence-corrected chi connectivity index (χ1v) is 6.99. The number of nitrogens with zero attached hydrogens (tertiary/aromatic N) is 1. The summed E-state index contributed by atoms with van der Waals surface area (Å²) in [6.45, 7) is 2.03. The van der Waals surface area contributed by atoms with E-state index in [0.717, 1.165) is 25.7 Å². The van der Waals surface area contributed by atoms with Crippen molar-refractivity contribution in [1.82, 2.24) is 0 Å². The van der Waals surface area contributed by atoms with E-state index in [2.05, 4.69) is 11.4 Å². The Morgan fingerprint density at radius 3 is 2.65 bits per heavy atom. The SMILES string of the molecule is COc1cc(C#N)ccc1NC(=O)C1(C)CCCCC1. The number of carbonyl (C=O) groups excluding carboxylic acids is 1. The van der Waals surface area contributed by atoms with Gasteiger partial charge in [0.15, 0.2) is 0 Å². The van der Waals surface area contributed by atoms with Crippen molar-refractivity contribution in [3.63, 3.8) is 0 Å². The number of rotatable bonds is 3. The van der Waals surface area contributed by atoms with Crippen molar-refractivity contribution in [3.8, 4) is 11.8 Å². The number of anilines is 1. The first kappa shape index (κ1) is 14.4. The molecular weight excluding hydrogens is 252 g/mol. The van der Waals surface area contributed by atoms with Crippen molar-refractivity contribution in [1.29, 1.82) is 5.26 Å². The molecule has 1 saturated carbocycles. The number of hydrogen-bond acceptors (Lipinski definition) is 3. The van der Waals surface area contributed by atoms with E-state index in [1.807, 2.05) is 6.92 Å². The minimum Gasteiger partial charge on any atom is -0.495 e. The lowest BCUT2D eigenvalue weighted by Gasteiger charge is -2.32. The lowest BCUT2D eigenvalue weighted by Crippen LogP contribution is -2.35. The smallest absolute Gasteiger partial charge is 0.230 e. The Morgan fingerprint density at radius 1 is 1.35 bits per heavy atom. The second kappa shape index (κ2) is 5.96. The molecule has 2 rings (SSSR count). The molecule has 0 aliphatic heterocycles. The molecule has 1 amide bonds. The highest BCUT2D eigenvalue weighted by Crippen LogP contribution is 2.37. The van der Waals surface area contributed by atoms with Crippen LogP contribution in [0.2, 0.25) is 0 Å². The Balaban J connectivity index is 2.17. The van der Waals surface area contributed by atoms with Gasteiger partial charge in [0.25, 0.3) is 0 Å². The zero-order valence-corrected chi connectivity index (χ0v) is 12.0. The van der Waals surface area contributed by atoms with Gasteiger partial charge in [0.1, 0.15) is 5.75 Å². The third-order valence-corrected chi connectivity index (χ3v) is 4.08. The number of carbonyl (C=O) groups is 1. The molecule has 0 bridgehead atoms. The van der Waals surface area contributed by atoms with Crippen LogP contribution in [-0.2, 0) is 4.79 Å². The largest absolute Gasteiger partial charge is 0.495 e.